The summed E-state index contributed by atoms with van der Waals surface area (Å²) in [6.07, 6.45) is 2.16. The van der Waals surface area contributed by atoms with Crippen LogP contribution in [0.4, 0.5) is 0 Å². The number of nitrogens with two attached hydrogens (primary N) is 1. The summed E-state index contributed by atoms with van der Waals surface area (Å²) in [4.78, 5) is 4.41. The van der Waals surface area contributed by atoms with Crippen molar-refractivity contribution in [2.75, 3.05) is 7.11 Å². The van der Waals surface area contributed by atoms with E-state index < -0.39 is 0 Å². The van der Waals surface area contributed by atoms with Gasteiger partial charge >= 0.3 is 0 Å². The number of hydrogen-bond acceptors (Lipinski definition) is 5. The van der Waals surface area contributed by atoms with Gasteiger partial charge in [-0.2, -0.15) is 4.98 Å². The molecule has 0 fully saturated rings. The number of hydrogen-bond donors (Lipinski definition) is 1. The summed E-state index contributed by atoms with van der Waals surface area (Å²) in [5.41, 5.74) is 7.11. The fraction of sp³-hybridized carbons (Fsp3) is 0.500. The largest absolute Gasteiger partial charge is 0.496 e. The highest BCUT2D eigenvalue weighted by Crippen LogP contribution is 2.20. The van der Waals surface area contributed by atoms with Gasteiger partial charge in [-0.1, -0.05) is 37.2 Å². The molecule has 5 heteroatoms. The normalized spacial score (nSPS) is 12.6. The van der Waals surface area contributed by atoms with Crippen molar-refractivity contribution in [3.63, 3.8) is 0 Å². The fourth-order valence-electron chi connectivity index (χ4n) is 2.38. The summed E-state index contributed by atoms with van der Waals surface area (Å²) in [6.45, 7) is 4.31. The van der Waals surface area contributed by atoms with Crippen molar-refractivity contribution in [3.05, 3.63) is 41.5 Å². The molecule has 0 aliphatic carbocycles. The molecule has 0 radical (unpaired) electrons. The Morgan fingerprint density at radius 2 is 2.05 bits per heavy atom. The molecular formula is C16H23N3O2. The molecule has 1 atom stereocenters. The van der Waals surface area contributed by atoms with E-state index in [9.17, 15) is 0 Å². The third kappa shape index (κ3) is 4.56. The summed E-state index contributed by atoms with van der Waals surface area (Å²) < 4.78 is 10.6. The van der Waals surface area contributed by atoms with Crippen molar-refractivity contribution in [2.24, 2.45) is 11.7 Å². The second-order valence-corrected chi connectivity index (χ2v) is 5.69. The van der Waals surface area contributed by atoms with Crippen molar-refractivity contribution >= 4 is 0 Å². The van der Waals surface area contributed by atoms with E-state index in [1.807, 2.05) is 24.3 Å². The second-order valence-electron chi connectivity index (χ2n) is 5.69. The van der Waals surface area contributed by atoms with Gasteiger partial charge in [0, 0.05) is 24.4 Å². The molecule has 2 N–H and O–H groups in total. The first-order valence-corrected chi connectivity index (χ1v) is 7.27. The first-order valence-electron chi connectivity index (χ1n) is 7.27. The molecule has 2 rings (SSSR count). The molecule has 0 bridgehead atoms. The van der Waals surface area contributed by atoms with Gasteiger partial charge in [0.05, 0.1) is 7.11 Å². The van der Waals surface area contributed by atoms with Crippen LogP contribution in [0.15, 0.2) is 28.8 Å². The van der Waals surface area contributed by atoms with Crippen LogP contribution in [0.5, 0.6) is 5.75 Å². The number of aromatic nitrogens is 2. The van der Waals surface area contributed by atoms with Gasteiger partial charge in [0.25, 0.3) is 0 Å². The van der Waals surface area contributed by atoms with Crippen LogP contribution in [0.1, 0.15) is 37.5 Å². The highest BCUT2D eigenvalue weighted by Gasteiger charge is 2.14. The van der Waals surface area contributed by atoms with Crippen molar-refractivity contribution in [3.8, 4) is 5.75 Å². The van der Waals surface area contributed by atoms with Crippen LogP contribution in [0, 0.1) is 5.92 Å². The summed E-state index contributed by atoms with van der Waals surface area (Å²) >= 11 is 0. The minimum atomic E-state index is 0.0598. The van der Waals surface area contributed by atoms with Crippen LogP contribution >= 0.6 is 0 Å². The Morgan fingerprint density at radius 3 is 2.76 bits per heavy atom. The van der Waals surface area contributed by atoms with Crippen molar-refractivity contribution in [2.45, 2.75) is 39.2 Å². The van der Waals surface area contributed by atoms with E-state index in [1.165, 1.54) is 0 Å². The summed E-state index contributed by atoms with van der Waals surface area (Å²) in [5, 5.41) is 4.02. The lowest BCUT2D eigenvalue weighted by Crippen LogP contribution is -2.24. The molecule has 1 heterocycles. The molecule has 0 amide bonds. The van der Waals surface area contributed by atoms with Crippen LogP contribution in [-0.2, 0) is 12.8 Å². The van der Waals surface area contributed by atoms with Crippen LogP contribution < -0.4 is 10.5 Å². The number of para-hydroxylation sites is 1. The molecule has 21 heavy (non-hydrogen) atoms. The molecule has 0 spiro atoms. The van der Waals surface area contributed by atoms with E-state index in [0.717, 1.165) is 17.7 Å². The van der Waals surface area contributed by atoms with Gasteiger partial charge in [0.15, 0.2) is 5.82 Å². The summed E-state index contributed by atoms with van der Waals surface area (Å²) in [5.74, 6) is 2.66. The highest BCUT2D eigenvalue weighted by molar-refractivity contribution is 5.35. The average Bonchev–Trinajstić information content (AvgIpc) is 2.85. The van der Waals surface area contributed by atoms with Gasteiger partial charge in [0.1, 0.15) is 5.75 Å². The van der Waals surface area contributed by atoms with Crippen LogP contribution in [0.25, 0.3) is 0 Å². The first-order chi connectivity index (χ1) is 10.1. The molecule has 114 valence electrons. The maximum atomic E-state index is 6.07. The number of rotatable bonds is 7. The van der Waals surface area contributed by atoms with E-state index >= 15 is 0 Å². The minimum absolute atomic E-state index is 0.0598. The SMILES string of the molecule is COc1ccccc1Cc1noc(CC(N)CC(C)C)n1. The molecule has 0 aliphatic heterocycles. The Hall–Kier alpha value is -1.88. The van der Waals surface area contributed by atoms with Gasteiger partial charge in [-0.3, -0.25) is 0 Å². The Kier molecular flexibility index (Phi) is 5.33. The number of benzene rings is 1. The predicted octanol–water partition coefficient (Wildman–Crippen LogP) is 2.58. The van der Waals surface area contributed by atoms with E-state index in [4.69, 9.17) is 15.0 Å². The monoisotopic (exact) mass is 289 g/mol. The maximum Gasteiger partial charge on any atom is 0.228 e. The first kappa shape index (κ1) is 15.5. The highest BCUT2D eigenvalue weighted by atomic mass is 16.5. The third-order valence-corrected chi connectivity index (χ3v) is 3.26. The molecule has 5 nitrogen and oxygen atoms in total. The Morgan fingerprint density at radius 1 is 1.29 bits per heavy atom. The molecule has 0 aliphatic rings. The van der Waals surface area contributed by atoms with Gasteiger partial charge in [-0.05, 0) is 18.4 Å². The van der Waals surface area contributed by atoms with Gasteiger partial charge in [-0.25, -0.2) is 0 Å². The third-order valence-electron chi connectivity index (χ3n) is 3.26. The number of methoxy groups -OCH3 is 1. The standard InChI is InChI=1S/C16H23N3O2/c1-11(2)8-13(17)10-16-18-15(19-21-16)9-12-6-4-5-7-14(12)20-3/h4-7,11,13H,8-10,17H2,1-3H3. The molecule has 1 aromatic heterocycles. The second kappa shape index (κ2) is 7.22. The van der Waals surface area contributed by atoms with Gasteiger partial charge in [0.2, 0.25) is 5.89 Å². The predicted molar refractivity (Wildman–Crippen MR) is 81.2 cm³/mol. The Bertz CT molecular complexity index is 566. The number of ether oxygens (including phenoxy) is 1. The van der Waals surface area contributed by atoms with Crippen LogP contribution in [-0.4, -0.2) is 23.3 Å². The summed E-state index contributed by atoms with van der Waals surface area (Å²) in [7, 11) is 1.66. The zero-order chi connectivity index (χ0) is 15.2. The van der Waals surface area contributed by atoms with E-state index in [0.29, 0.717) is 30.5 Å². The average molecular weight is 289 g/mol. The van der Waals surface area contributed by atoms with Crippen LogP contribution in [0.3, 0.4) is 0 Å². The Labute approximate surface area is 125 Å². The lowest BCUT2D eigenvalue weighted by molar-refractivity contribution is 0.355. The molecule has 1 unspecified atom stereocenters. The van der Waals surface area contributed by atoms with Crippen molar-refractivity contribution < 1.29 is 9.26 Å². The zero-order valence-electron chi connectivity index (χ0n) is 12.9. The molecule has 0 saturated carbocycles. The topological polar surface area (TPSA) is 74.2 Å². The lowest BCUT2D eigenvalue weighted by atomic mass is 10.0. The molecule has 0 saturated heterocycles. The maximum absolute atomic E-state index is 6.07. The molecular weight excluding hydrogens is 266 g/mol. The molecule has 1 aromatic carbocycles. The quantitative estimate of drug-likeness (QED) is 0.848. The fourth-order valence-corrected chi connectivity index (χ4v) is 2.38. The van der Waals surface area contributed by atoms with Gasteiger partial charge in [-0.15, -0.1) is 0 Å². The minimum Gasteiger partial charge on any atom is -0.496 e. The zero-order valence-corrected chi connectivity index (χ0v) is 12.9. The van der Waals surface area contributed by atoms with Crippen molar-refractivity contribution in [1.29, 1.82) is 0 Å². The van der Waals surface area contributed by atoms with E-state index in [-0.39, 0.29) is 6.04 Å². The number of nitrogens with zero attached hydrogens (tertiary/aromatic N) is 2. The van der Waals surface area contributed by atoms with E-state index in [2.05, 4.69) is 24.0 Å². The lowest BCUT2D eigenvalue weighted by Gasteiger charge is -2.10. The van der Waals surface area contributed by atoms with Gasteiger partial charge < -0.3 is 15.0 Å². The van der Waals surface area contributed by atoms with E-state index in [1.54, 1.807) is 7.11 Å². The molecule has 2 aromatic rings. The van der Waals surface area contributed by atoms with Crippen LogP contribution in [0.2, 0.25) is 0 Å². The smallest absolute Gasteiger partial charge is 0.228 e. The summed E-state index contributed by atoms with van der Waals surface area (Å²) in [6, 6.07) is 7.89. The van der Waals surface area contributed by atoms with Crippen molar-refractivity contribution in [1.82, 2.24) is 10.1 Å². The Balaban J connectivity index is 2.00.